The van der Waals surface area contributed by atoms with Gasteiger partial charge in [0.2, 0.25) is 0 Å². The van der Waals surface area contributed by atoms with E-state index in [1.165, 1.54) is 38.5 Å². The third kappa shape index (κ3) is 2.12. The Labute approximate surface area is 135 Å². The number of Topliss-reactive ketones (excluding diaryl/α,β-unsaturated/α-hetero) is 1. The largest absolute Gasteiger partial charge is 0.378 e. The molecule has 8 unspecified atom stereocenters. The summed E-state index contributed by atoms with van der Waals surface area (Å²) < 4.78 is 6.39. The van der Waals surface area contributed by atoms with Gasteiger partial charge in [-0.2, -0.15) is 0 Å². The van der Waals surface area contributed by atoms with Gasteiger partial charge in [-0.15, -0.1) is 0 Å². The molecule has 0 radical (unpaired) electrons. The molecule has 0 amide bonds. The van der Waals surface area contributed by atoms with Gasteiger partial charge in [0, 0.05) is 5.92 Å². The molecular weight excluding hydrogens is 272 g/mol. The Morgan fingerprint density at radius 2 is 1.86 bits per heavy atom. The normalized spacial score (nSPS) is 54.2. The molecular formula is C20H32O2. The predicted molar refractivity (Wildman–Crippen MR) is 87.5 cm³/mol. The Bertz CT molecular complexity index is 459. The average Bonchev–Trinajstić information content (AvgIpc) is 2.84. The van der Waals surface area contributed by atoms with Crippen molar-refractivity contribution in [2.45, 2.75) is 71.8 Å². The monoisotopic (exact) mass is 304 g/mol. The van der Waals surface area contributed by atoms with Gasteiger partial charge in [0.1, 0.15) is 5.78 Å². The number of carbonyl (C=O) groups is 1. The second-order valence-electron chi connectivity index (χ2n) is 9.17. The predicted octanol–water partition coefficient (Wildman–Crippen LogP) is 4.47. The van der Waals surface area contributed by atoms with Gasteiger partial charge in [-0.1, -0.05) is 20.3 Å². The van der Waals surface area contributed by atoms with Crippen molar-refractivity contribution in [3.8, 4) is 0 Å². The maximum Gasteiger partial charge on any atom is 0.133 e. The number of rotatable bonds is 1. The zero-order valence-corrected chi connectivity index (χ0v) is 14.5. The van der Waals surface area contributed by atoms with Crippen molar-refractivity contribution in [3.05, 3.63) is 0 Å². The molecule has 0 aromatic carbocycles. The Morgan fingerprint density at radius 3 is 2.64 bits per heavy atom. The molecule has 22 heavy (non-hydrogen) atoms. The zero-order valence-electron chi connectivity index (χ0n) is 14.5. The van der Waals surface area contributed by atoms with Gasteiger partial charge in [-0.3, -0.25) is 4.79 Å². The van der Waals surface area contributed by atoms with Gasteiger partial charge in [0.15, 0.2) is 0 Å². The number of ether oxygens (including phenoxy) is 1. The summed E-state index contributed by atoms with van der Waals surface area (Å²) in [6, 6.07) is 0. The lowest BCUT2D eigenvalue weighted by molar-refractivity contribution is -0.164. The van der Waals surface area contributed by atoms with E-state index >= 15 is 0 Å². The van der Waals surface area contributed by atoms with Crippen molar-refractivity contribution < 1.29 is 9.53 Å². The molecule has 1 heterocycles. The van der Waals surface area contributed by atoms with Crippen LogP contribution in [0, 0.1) is 40.9 Å². The molecule has 2 nitrogen and oxygen atoms in total. The van der Waals surface area contributed by atoms with Crippen LogP contribution in [0.25, 0.3) is 0 Å². The zero-order chi connectivity index (χ0) is 15.5. The summed E-state index contributed by atoms with van der Waals surface area (Å²) in [6.07, 6.45) is 9.62. The van der Waals surface area contributed by atoms with Crippen LogP contribution in [0.5, 0.6) is 0 Å². The summed E-state index contributed by atoms with van der Waals surface area (Å²) in [5, 5.41) is 0. The van der Waals surface area contributed by atoms with Crippen LogP contribution < -0.4 is 0 Å². The van der Waals surface area contributed by atoms with Gasteiger partial charge >= 0.3 is 0 Å². The summed E-state index contributed by atoms with van der Waals surface area (Å²) >= 11 is 0. The molecule has 0 N–H and O–H groups in total. The van der Waals surface area contributed by atoms with Gasteiger partial charge in [-0.25, -0.2) is 0 Å². The van der Waals surface area contributed by atoms with E-state index in [9.17, 15) is 4.79 Å². The Balaban J connectivity index is 1.56. The SMILES string of the molecule is CC(=O)C1CCC2C3COC4CC(C)CCC4C3CCC12C. The topological polar surface area (TPSA) is 26.3 Å². The van der Waals surface area contributed by atoms with E-state index in [4.69, 9.17) is 4.74 Å². The Kier molecular flexibility index (Phi) is 3.67. The summed E-state index contributed by atoms with van der Waals surface area (Å²) in [5.41, 5.74) is 0.269. The van der Waals surface area contributed by atoms with E-state index in [1.54, 1.807) is 0 Å². The maximum atomic E-state index is 12.1. The maximum absolute atomic E-state index is 12.1. The van der Waals surface area contributed by atoms with E-state index in [1.807, 2.05) is 6.92 Å². The van der Waals surface area contributed by atoms with Crippen LogP contribution in [0.1, 0.15) is 65.7 Å². The molecule has 4 aliphatic rings. The minimum atomic E-state index is 0.269. The highest BCUT2D eigenvalue weighted by atomic mass is 16.5. The lowest BCUT2D eigenvalue weighted by Crippen LogP contribution is -2.53. The van der Waals surface area contributed by atoms with Gasteiger partial charge in [0.05, 0.1) is 12.7 Å². The second-order valence-corrected chi connectivity index (χ2v) is 9.17. The highest BCUT2D eigenvalue weighted by Crippen LogP contribution is 2.62. The third-order valence-corrected chi connectivity index (χ3v) is 8.14. The number of ketones is 1. The third-order valence-electron chi connectivity index (χ3n) is 8.14. The van der Waals surface area contributed by atoms with E-state index in [-0.39, 0.29) is 5.41 Å². The fourth-order valence-electron chi connectivity index (χ4n) is 7.02. The van der Waals surface area contributed by atoms with E-state index in [0.29, 0.717) is 17.8 Å². The van der Waals surface area contributed by atoms with Crippen LogP contribution in [0.4, 0.5) is 0 Å². The van der Waals surface area contributed by atoms with Crippen LogP contribution in [-0.4, -0.2) is 18.5 Å². The Morgan fingerprint density at radius 1 is 1.05 bits per heavy atom. The molecule has 3 saturated carbocycles. The molecule has 1 saturated heterocycles. The van der Waals surface area contributed by atoms with Crippen LogP contribution in [0.3, 0.4) is 0 Å². The van der Waals surface area contributed by atoms with Gasteiger partial charge < -0.3 is 4.74 Å². The average molecular weight is 304 g/mol. The number of carbonyl (C=O) groups excluding carboxylic acids is 1. The Hall–Kier alpha value is -0.370. The lowest BCUT2D eigenvalue weighted by atomic mass is 9.53. The van der Waals surface area contributed by atoms with Crippen molar-refractivity contribution in [2.24, 2.45) is 40.9 Å². The van der Waals surface area contributed by atoms with Crippen LogP contribution in [0.2, 0.25) is 0 Å². The quantitative estimate of drug-likeness (QED) is 0.714. The molecule has 4 rings (SSSR count). The molecule has 124 valence electrons. The summed E-state index contributed by atoms with van der Waals surface area (Å²) in [4.78, 5) is 12.1. The van der Waals surface area contributed by atoms with Crippen molar-refractivity contribution in [1.29, 1.82) is 0 Å². The molecule has 1 aliphatic heterocycles. The number of fused-ring (bicyclic) bond motifs is 5. The first-order valence-corrected chi connectivity index (χ1v) is 9.62. The summed E-state index contributed by atoms with van der Waals surface area (Å²) in [7, 11) is 0. The standard InChI is InChI=1S/C20H32O2/c1-12-4-5-15-14-8-9-20(3)17(13(2)21)6-7-18(20)16(14)11-22-19(15)10-12/h12,14-19H,4-11H2,1-3H3. The first kappa shape index (κ1) is 15.2. The molecule has 8 atom stereocenters. The van der Waals surface area contributed by atoms with Crippen molar-refractivity contribution in [1.82, 2.24) is 0 Å². The van der Waals surface area contributed by atoms with Gasteiger partial charge in [0.25, 0.3) is 0 Å². The van der Waals surface area contributed by atoms with Crippen LogP contribution in [0.15, 0.2) is 0 Å². The van der Waals surface area contributed by atoms with E-state index in [2.05, 4.69) is 13.8 Å². The van der Waals surface area contributed by atoms with Crippen molar-refractivity contribution in [3.63, 3.8) is 0 Å². The van der Waals surface area contributed by atoms with Crippen molar-refractivity contribution in [2.75, 3.05) is 6.61 Å². The number of hydrogen-bond donors (Lipinski definition) is 0. The lowest BCUT2D eigenvalue weighted by Gasteiger charge is -2.55. The minimum Gasteiger partial charge on any atom is -0.378 e. The first-order valence-electron chi connectivity index (χ1n) is 9.62. The van der Waals surface area contributed by atoms with Crippen LogP contribution >= 0.6 is 0 Å². The molecule has 0 aromatic rings. The molecule has 4 fully saturated rings. The second kappa shape index (κ2) is 5.33. The summed E-state index contributed by atoms with van der Waals surface area (Å²) in [5.74, 6) is 4.77. The first-order chi connectivity index (χ1) is 10.5. The van der Waals surface area contributed by atoms with E-state index in [0.717, 1.165) is 42.6 Å². The minimum absolute atomic E-state index is 0.269. The fraction of sp³-hybridized carbons (Fsp3) is 0.950. The smallest absolute Gasteiger partial charge is 0.133 e. The molecule has 2 heteroatoms. The van der Waals surface area contributed by atoms with Crippen molar-refractivity contribution >= 4 is 5.78 Å². The highest BCUT2D eigenvalue weighted by molar-refractivity contribution is 5.79. The highest BCUT2D eigenvalue weighted by Gasteiger charge is 2.58. The summed E-state index contributed by atoms with van der Waals surface area (Å²) in [6.45, 7) is 7.60. The molecule has 0 aromatic heterocycles. The molecule has 0 bridgehead atoms. The molecule has 0 spiro atoms. The molecule has 3 aliphatic carbocycles. The van der Waals surface area contributed by atoms with Gasteiger partial charge in [-0.05, 0) is 80.5 Å². The van der Waals surface area contributed by atoms with E-state index < -0.39 is 0 Å². The number of hydrogen-bond acceptors (Lipinski definition) is 2. The van der Waals surface area contributed by atoms with Crippen LogP contribution in [-0.2, 0) is 9.53 Å². The fourth-order valence-corrected chi connectivity index (χ4v) is 7.02.